The predicted molar refractivity (Wildman–Crippen MR) is 125 cm³/mol. The molecule has 0 unspecified atom stereocenters. The molecule has 2 N–H and O–H groups in total. The van der Waals surface area contributed by atoms with Crippen molar-refractivity contribution in [2.24, 2.45) is 4.99 Å². The van der Waals surface area contributed by atoms with Gasteiger partial charge in [-0.2, -0.15) is 0 Å². The van der Waals surface area contributed by atoms with Crippen LogP contribution in [-0.4, -0.2) is 40.6 Å². The molecule has 0 bridgehead atoms. The van der Waals surface area contributed by atoms with Crippen molar-refractivity contribution in [1.82, 2.24) is 9.55 Å². The van der Waals surface area contributed by atoms with Gasteiger partial charge in [0.1, 0.15) is 11.3 Å². The lowest BCUT2D eigenvalue weighted by Gasteiger charge is -2.17. The molecule has 0 radical (unpaired) electrons. The van der Waals surface area contributed by atoms with Crippen LogP contribution in [0.4, 0.5) is 11.4 Å². The fraction of sp³-hybridized carbons (Fsp3) is 0.261. The van der Waals surface area contributed by atoms with Gasteiger partial charge in [0.25, 0.3) is 5.56 Å². The lowest BCUT2D eigenvalue weighted by molar-refractivity contribution is 0.340. The number of rotatable bonds is 6. The molecule has 4 rings (SSSR count). The molecular weight excluding hydrogens is 412 g/mol. The first-order valence-electron chi connectivity index (χ1n) is 10.3. The average molecular weight is 437 g/mol. The van der Waals surface area contributed by atoms with Crippen molar-refractivity contribution in [2.75, 3.05) is 24.6 Å². The molecule has 160 valence electrons. The number of hydrogen-bond acceptors (Lipinski definition) is 6. The molecule has 0 spiro atoms. The Balaban J connectivity index is 1.68. The van der Waals surface area contributed by atoms with E-state index >= 15 is 0 Å². The predicted octanol–water partition coefficient (Wildman–Crippen LogP) is 4.35. The van der Waals surface area contributed by atoms with Crippen LogP contribution in [0.25, 0.3) is 5.69 Å². The van der Waals surface area contributed by atoms with E-state index in [-0.39, 0.29) is 16.2 Å². The van der Waals surface area contributed by atoms with Gasteiger partial charge in [-0.1, -0.05) is 6.07 Å². The van der Waals surface area contributed by atoms with E-state index in [1.807, 2.05) is 25.1 Å². The van der Waals surface area contributed by atoms with Crippen LogP contribution < -0.4 is 15.2 Å². The SMILES string of the molecule is CCOc1ccc(-n2c(O)c(C=Nc3cccc(N4CCCC4)c3)c(=O)[nH]c2=S)cc1. The fourth-order valence-electron chi connectivity index (χ4n) is 3.64. The maximum atomic E-state index is 12.5. The summed E-state index contributed by atoms with van der Waals surface area (Å²) in [6, 6.07) is 14.9. The third kappa shape index (κ3) is 4.54. The summed E-state index contributed by atoms with van der Waals surface area (Å²) in [5, 5.41) is 10.8. The topological polar surface area (TPSA) is 82.8 Å². The molecule has 3 aromatic rings. The quantitative estimate of drug-likeness (QED) is 0.443. The highest BCUT2D eigenvalue weighted by molar-refractivity contribution is 7.71. The van der Waals surface area contributed by atoms with E-state index in [1.54, 1.807) is 24.3 Å². The van der Waals surface area contributed by atoms with Crippen LogP contribution in [0.15, 0.2) is 58.3 Å². The van der Waals surface area contributed by atoms with Gasteiger partial charge in [0.2, 0.25) is 5.88 Å². The van der Waals surface area contributed by atoms with Gasteiger partial charge in [0, 0.05) is 25.0 Å². The number of benzene rings is 2. The third-order valence-corrected chi connectivity index (χ3v) is 5.46. The van der Waals surface area contributed by atoms with E-state index in [4.69, 9.17) is 17.0 Å². The molecule has 0 saturated carbocycles. The van der Waals surface area contributed by atoms with Crippen LogP contribution in [0.2, 0.25) is 0 Å². The summed E-state index contributed by atoms with van der Waals surface area (Å²) in [6.45, 7) is 4.54. The van der Waals surface area contributed by atoms with Crippen LogP contribution in [0.1, 0.15) is 25.3 Å². The molecule has 0 amide bonds. The van der Waals surface area contributed by atoms with Gasteiger partial charge in [-0.25, -0.2) is 0 Å². The highest BCUT2D eigenvalue weighted by atomic mass is 32.1. The first-order valence-corrected chi connectivity index (χ1v) is 10.7. The Bertz CT molecular complexity index is 1210. The van der Waals surface area contributed by atoms with Crippen LogP contribution >= 0.6 is 12.2 Å². The van der Waals surface area contributed by atoms with Crippen LogP contribution in [0.3, 0.4) is 0 Å². The second kappa shape index (κ2) is 9.18. The number of aromatic nitrogens is 2. The molecule has 8 heteroatoms. The number of aromatic hydroxyl groups is 1. The lowest BCUT2D eigenvalue weighted by Crippen LogP contribution is -2.18. The molecule has 7 nitrogen and oxygen atoms in total. The molecule has 1 fully saturated rings. The Labute approximate surface area is 185 Å². The van der Waals surface area contributed by atoms with E-state index in [9.17, 15) is 9.90 Å². The number of ether oxygens (including phenoxy) is 1. The molecule has 1 saturated heterocycles. The molecule has 2 aromatic carbocycles. The van der Waals surface area contributed by atoms with Gasteiger partial charge >= 0.3 is 0 Å². The van der Waals surface area contributed by atoms with Crippen LogP contribution in [0, 0.1) is 4.77 Å². The standard InChI is InChI=1S/C23H24N4O3S/c1-2-30-19-10-8-17(9-11-19)27-22(29)20(21(28)25-23(27)31)15-24-16-6-5-7-18(14-16)26-12-3-4-13-26/h5-11,14-15,29H,2-4,12-13H2,1H3,(H,25,28,31). The first-order chi connectivity index (χ1) is 15.1. The summed E-state index contributed by atoms with van der Waals surface area (Å²) in [6.07, 6.45) is 3.75. The summed E-state index contributed by atoms with van der Waals surface area (Å²) in [7, 11) is 0. The molecule has 0 atom stereocenters. The number of aromatic amines is 1. The third-order valence-electron chi connectivity index (χ3n) is 5.17. The van der Waals surface area contributed by atoms with Crippen molar-refractivity contribution in [3.63, 3.8) is 0 Å². The summed E-state index contributed by atoms with van der Waals surface area (Å²) >= 11 is 5.27. The fourth-order valence-corrected chi connectivity index (χ4v) is 3.92. The van der Waals surface area contributed by atoms with E-state index in [2.05, 4.69) is 20.9 Å². The average Bonchev–Trinajstić information content (AvgIpc) is 3.30. The minimum absolute atomic E-state index is 0.0362. The molecule has 31 heavy (non-hydrogen) atoms. The Morgan fingerprint density at radius 2 is 1.90 bits per heavy atom. The number of hydrogen-bond donors (Lipinski definition) is 2. The van der Waals surface area contributed by atoms with Gasteiger partial charge < -0.3 is 14.7 Å². The lowest BCUT2D eigenvalue weighted by atomic mass is 10.2. The van der Waals surface area contributed by atoms with Crippen molar-refractivity contribution in [2.45, 2.75) is 19.8 Å². The Kier molecular flexibility index (Phi) is 6.18. The molecular formula is C23H24N4O3S. The minimum atomic E-state index is -0.496. The zero-order chi connectivity index (χ0) is 21.8. The maximum Gasteiger partial charge on any atom is 0.264 e. The normalized spacial score (nSPS) is 13.8. The summed E-state index contributed by atoms with van der Waals surface area (Å²) in [5.41, 5.74) is 1.96. The number of nitrogens with one attached hydrogen (secondary N) is 1. The second-order valence-electron chi connectivity index (χ2n) is 7.23. The Morgan fingerprint density at radius 1 is 1.16 bits per heavy atom. The zero-order valence-electron chi connectivity index (χ0n) is 17.2. The highest BCUT2D eigenvalue weighted by Gasteiger charge is 2.14. The minimum Gasteiger partial charge on any atom is -0.494 e. The number of nitrogens with zero attached hydrogens (tertiary/aromatic N) is 3. The molecule has 2 heterocycles. The number of aliphatic imine (C=N–C) groups is 1. The van der Waals surface area contributed by atoms with Crippen molar-refractivity contribution >= 4 is 29.8 Å². The van der Waals surface area contributed by atoms with Gasteiger partial charge in [-0.3, -0.25) is 19.3 Å². The molecule has 0 aliphatic carbocycles. The van der Waals surface area contributed by atoms with Crippen molar-refractivity contribution in [3.8, 4) is 17.3 Å². The number of H-pyrrole nitrogens is 1. The van der Waals surface area contributed by atoms with E-state index in [0.717, 1.165) is 18.8 Å². The summed E-state index contributed by atoms with van der Waals surface area (Å²) in [4.78, 5) is 21.8. The van der Waals surface area contributed by atoms with Gasteiger partial charge in [-0.15, -0.1) is 0 Å². The second-order valence-corrected chi connectivity index (χ2v) is 7.62. The molecule has 1 aliphatic heterocycles. The zero-order valence-corrected chi connectivity index (χ0v) is 18.1. The number of anilines is 1. The van der Waals surface area contributed by atoms with Crippen molar-refractivity contribution < 1.29 is 9.84 Å². The summed E-state index contributed by atoms with van der Waals surface area (Å²) < 4.78 is 6.95. The largest absolute Gasteiger partial charge is 0.494 e. The monoisotopic (exact) mass is 436 g/mol. The smallest absolute Gasteiger partial charge is 0.264 e. The Hall–Kier alpha value is -3.39. The maximum absolute atomic E-state index is 12.5. The van der Waals surface area contributed by atoms with Crippen molar-refractivity contribution in [3.05, 3.63) is 69.2 Å². The molecule has 1 aliphatic rings. The van der Waals surface area contributed by atoms with Crippen LogP contribution in [-0.2, 0) is 0 Å². The van der Waals surface area contributed by atoms with Gasteiger partial charge in [0.15, 0.2) is 4.77 Å². The molecule has 1 aromatic heterocycles. The van der Waals surface area contributed by atoms with Crippen molar-refractivity contribution in [1.29, 1.82) is 0 Å². The van der Waals surface area contributed by atoms with Gasteiger partial charge in [0.05, 0.1) is 18.0 Å². The van der Waals surface area contributed by atoms with E-state index < -0.39 is 5.56 Å². The van der Waals surface area contributed by atoms with Crippen LogP contribution in [0.5, 0.6) is 11.6 Å². The van der Waals surface area contributed by atoms with E-state index in [0.29, 0.717) is 23.7 Å². The Morgan fingerprint density at radius 3 is 2.61 bits per heavy atom. The summed E-state index contributed by atoms with van der Waals surface area (Å²) in [5.74, 6) is 0.443. The highest BCUT2D eigenvalue weighted by Crippen LogP contribution is 2.26. The van der Waals surface area contributed by atoms with E-state index in [1.165, 1.54) is 23.6 Å². The van der Waals surface area contributed by atoms with Gasteiger partial charge in [-0.05, 0) is 74.4 Å². The first kappa shape index (κ1) is 20.9.